The molecule has 2 nitrogen and oxygen atoms in total. The maximum absolute atomic E-state index is 10.5. The van der Waals surface area contributed by atoms with Gasteiger partial charge in [-0.05, 0) is 51.0 Å². The Morgan fingerprint density at radius 1 is 1.09 bits per heavy atom. The minimum absolute atomic E-state index is 0.259. The summed E-state index contributed by atoms with van der Waals surface area (Å²) in [7, 11) is 0. The number of hydrogen-bond donors (Lipinski definition) is 1. The highest BCUT2D eigenvalue weighted by molar-refractivity contribution is 5.80. The van der Waals surface area contributed by atoms with Crippen molar-refractivity contribution < 1.29 is 9.90 Å². The van der Waals surface area contributed by atoms with E-state index in [4.69, 9.17) is 5.11 Å². The molecule has 0 spiro atoms. The Hall–Kier alpha value is -1.83. The first-order chi connectivity index (χ1) is 10.2. The molecular weight excluding hydrogens is 272 g/mol. The van der Waals surface area contributed by atoms with Crippen molar-refractivity contribution in [1.82, 2.24) is 0 Å². The van der Waals surface area contributed by atoms with E-state index >= 15 is 0 Å². The molecule has 0 saturated heterocycles. The molecule has 0 aromatic carbocycles. The number of carboxylic acid groups (broad SMARTS) is 1. The molecule has 0 atom stereocenters. The van der Waals surface area contributed by atoms with E-state index in [9.17, 15) is 4.79 Å². The molecule has 0 radical (unpaired) electrons. The minimum atomic E-state index is -0.921. The van der Waals surface area contributed by atoms with E-state index < -0.39 is 5.97 Å². The van der Waals surface area contributed by atoms with Gasteiger partial charge in [0.15, 0.2) is 0 Å². The molecule has 1 aliphatic carbocycles. The predicted octanol–water partition coefficient (Wildman–Crippen LogP) is 5.60. The van der Waals surface area contributed by atoms with E-state index in [1.54, 1.807) is 6.08 Å². The van der Waals surface area contributed by atoms with Gasteiger partial charge in [0.05, 0.1) is 0 Å². The Morgan fingerprint density at radius 3 is 2.23 bits per heavy atom. The summed E-state index contributed by atoms with van der Waals surface area (Å²) in [4.78, 5) is 10.5. The smallest absolute Gasteiger partial charge is 0.328 e. The molecule has 0 bridgehead atoms. The molecule has 0 aromatic rings. The maximum Gasteiger partial charge on any atom is 0.328 e. The summed E-state index contributed by atoms with van der Waals surface area (Å²) in [5.74, 6) is -0.921. The molecule has 1 aliphatic rings. The van der Waals surface area contributed by atoms with Crippen LogP contribution in [-0.2, 0) is 4.79 Å². The lowest BCUT2D eigenvalue weighted by Crippen LogP contribution is -2.19. The van der Waals surface area contributed by atoms with Gasteiger partial charge in [0.2, 0.25) is 0 Å². The van der Waals surface area contributed by atoms with Gasteiger partial charge < -0.3 is 5.11 Å². The zero-order valence-corrected chi connectivity index (χ0v) is 14.4. The van der Waals surface area contributed by atoms with Crippen LogP contribution in [0.15, 0.2) is 58.7 Å². The van der Waals surface area contributed by atoms with Crippen LogP contribution in [0.25, 0.3) is 0 Å². The third-order valence-electron chi connectivity index (χ3n) is 4.15. The second kappa shape index (κ2) is 7.98. The molecule has 0 heterocycles. The van der Waals surface area contributed by atoms with Crippen LogP contribution in [0.4, 0.5) is 0 Å². The Morgan fingerprint density at radius 2 is 1.68 bits per heavy atom. The molecule has 1 rings (SSSR count). The van der Waals surface area contributed by atoms with Crippen molar-refractivity contribution in [3.63, 3.8) is 0 Å². The van der Waals surface area contributed by atoms with Crippen LogP contribution in [0.5, 0.6) is 0 Å². The van der Waals surface area contributed by atoms with E-state index in [1.165, 1.54) is 30.4 Å². The fourth-order valence-corrected chi connectivity index (χ4v) is 2.80. The summed E-state index contributed by atoms with van der Waals surface area (Å²) in [6.07, 6.45) is 14.8. The highest BCUT2D eigenvalue weighted by Gasteiger charge is 2.26. The van der Waals surface area contributed by atoms with Gasteiger partial charge in [0, 0.05) is 6.08 Å². The summed E-state index contributed by atoms with van der Waals surface area (Å²) in [5, 5.41) is 8.60. The van der Waals surface area contributed by atoms with Crippen LogP contribution < -0.4 is 0 Å². The number of aliphatic carboxylic acids is 1. The van der Waals surface area contributed by atoms with Crippen LogP contribution in [0.2, 0.25) is 0 Å². The normalized spacial score (nSPS) is 20.2. The second-order valence-corrected chi connectivity index (χ2v) is 6.76. The number of carbonyl (C=O) groups is 1. The van der Waals surface area contributed by atoms with Crippen molar-refractivity contribution in [1.29, 1.82) is 0 Å². The molecule has 0 amide bonds. The van der Waals surface area contributed by atoms with Crippen molar-refractivity contribution in [3.05, 3.63) is 58.7 Å². The van der Waals surface area contributed by atoms with Gasteiger partial charge in [0.1, 0.15) is 0 Å². The van der Waals surface area contributed by atoms with E-state index in [-0.39, 0.29) is 5.41 Å². The monoisotopic (exact) mass is 300 g/mol. The number of rotatable bonds is 5. The quantitative estimate of drug-likeness (QED) is 0.530. The van der Waals surface area contributed by atoms with Crippen molar-refractivity contribution in [2.75, 3.05) is 0 Å². The van der Waals surface area contributed by atoms with Gasteiger partial charge in [-0.2, -0.15) is 0 Å². The van der Waals surface area contributed by atoms with Gasteiger partial charge in [-0.3, -0.25) is 0 Å². The van der Waals surface area contributed by atoms with E-state index in [0.29, 0.717) is 0 Å². The molecule has 0 aliphatic heterocycles. The van der Waals surface area contributed by atoms with Crippen LogP contribution >= 0.6 is 0 Å². The average Bonchev–Trinajstić information content (AvgIpc) is 2.41. The Bertz CT molecular complexity index is 567. The zero-order chi connectivity index (χ0) is 16.8. The molecule has 2 heteroatoms. The van der Waals surface area contributed by atoms with Crippen molar-refractivity contribution >= 4 is 5.97 Å². The van der Waals surface area contributed by atoms with E-state index in [1.807, 2.05) is 19.1 Å². The van der Waals surface area contributed by atoms with Gasteiger partial charge in [-0.1, -0.05) is 60.9 Å². The molecule has 120 valence electrons. The molecule has 0 aromatic heterocycles. The second-order valence-electron chi connectivity index (χ2n) is 6.76. The van der Waals surface area contributed by atoms with Crippen molar-refractivity contribution in [2.24, 2.45) is 5.41 Å². The summed E-state index contributed by atoms with van der Waals surface area (Å²) >= 11 is 0. The van der Waals surface area contributed by atoms with Gasteiger partial charge in [-0.25, -0.2) is 4.79 Å². The summed E-state index contributed by atoms with van der Waals surface area (Å²) in [6.45, 7) is 10.8. The fourth-order valence-electron chi connectivity index (χ4n) is 2.80. The van der Waals surface area contributed by atoms with Crippen LogP contribution in [0.3, 0.4) is 0 Å². The number of hydrogen-bond acceptors (Lipinski definition) is 1. The molecule has 0 saturated carbocycles. The predicted molar refractivity (Wildman–Crippen MR) is 93.8 cm³/mol. The van der Waals surface area contributed by atoms with Crippen LogP contribution in [-0.4, -0.2) is 11.1 Å². The number of carboxylic acids is 1. The summed E-state index contributed by atoms with van der Waals surface area (Å²) in [6, 6.07) is 0. The average molecular weight is 300 g/mol. The maximum atomic E-state index is 10.5. The van der Waals surface area contributed by atoms with Crippen molar-refractivity contribution in [2.45, 2.75) is 53.9 Å². The lowest BCUT2D eigenvalue weighted by Gasteiger charge is -2.32. The van der Waals surface area contributed by atoms with Crippen molar-refractivity contribution in [3.8, 4) is 0 Å². The third kappa shape index (κ3) is 5.88. The zero-order valence-electron chi connectivity index (χ0n) is 14.4. The topological polar surface area (TPSA) is 37.3 Å². The van der Waals surface area contributed by atoms with E-state index in [2.05, 4.69) is 39.8 Å². The molecule has 1 N–H and O–H groups in total. The Balaban J connectivity index is 2.83. The van der Waals surface area contributed by atoms with Gasteiger partial charge >= 0.3 is 5.97 Å². The first-order valence-corrected chi connectivity index (χ1v) is 7.87. The largest absolute Gasteiger partial charge is 0.478 e. The van der Waals surface area contributed by atoms with Gasteiger partial charge in [0.25, 0.3) is 0 Å². The Kier molecular flexibility index (Phi) is 6.61. The third-order valence-corrected chi connectivity index (χ3v) is 4.15. The standard InChI is InChI=1S/C20H28O2/c1-15(8-9-16(2)11-13-19(21)22)10-12-18-17(3)7-6-14-20(18,4)5/h8-13H,6-7,14H2,1-5H3,(H,21,22). The summed E-state index contributed by atoms with van der Waals surface area (Å²) < 4.78 is 0. The molecule has 0 unspecified atom stereocenters. The summed E-state index contributed by atoms with van der Waals surface area (Å²) in [5.41, 5.74) is 5.29. The highest BCUT2D eigenvalue weighted by Crippen LogP contribution is 2.40. The van der Waals surface area contributed by atoms with Crippen LogP contribution in [0, 0.1) is 5.41 Å². The molecule has 0 fully saturated rings. The molecular formula is C20H28O2. The number of allylic oxidation sites excluding steroid dienone is 9. The SMILES string of the molecule is CC(C=CC(=O)O)=CC=C(C)C=CC1=C(C)CCCC1(C)C. The highest BCUT2D eigenvalue weighted by atomic mass is 16.4. The van der Waals surface area contributed by atoms with Gasteiger partial charge in [-0.15, -0.1) is 0 Å². The fraction of sp³-hybridized carbons (Fsp3) is 0.450. The van der Waals surface area contributed by atoms with E-state index in [0.717, 1.165) is 17.2 Å². The Labute approximate surface area is 134 Å². The molecule has 22 heavy (non-hydrogen) atoms. The first-order valence-electron chi connectivity index (χ1n) is 7.87. The lowest BCUT2D eigenvalue weighted by molar-refractivity contribution is -0.131. The lowest BCUT2D eigenvalue weighted by atomic mass is 9.72. The van der Waals surface area contributed by atoms with Crippen LogP contribution in [0.1, 0.15) is 53.9 Å². The first kappa shape index (κ1) is 18.2. The minimum Gasteiger partial charge on any atom is -0.478 e.